The number of amides is 1. The van der Waals surface area contributed by atoms with E-state index in [0.717, 1.165) is 17.7 Å². The van der Waals surface area contributed by atoms with Crippen LogP contribution >= 0.6 is 0 Å². The summed E-state index contributed by atoms with van der Waals surface area (Å²) in [6, 6.07) is 5.30. The Labute approximate surface area is 121 Å². The highest BCUT2D eigenvalue weighted by Gasteiger charge is 2.29. The quantitative estimate of drug-likeness (QED) is 0.920. The zero-order valence-electron chi connectivity index (χ0n) is 11.4. The molecular weight excluding hydrogens is 271 g/mol. The minimum absolute atomic E-state index is 0.335. The fourth-order valence-corrected chi connectivity index (χ4v) is 2.69. The molecule has 1 aromatic carbocycles. The normalized spacial score (nSPS) is 16.2. The maximum Gasteiger partial charge on any atom is 0.239 e. The number of primary amides is 1. The summed E-state index contributed by atoms with van der Waals surface area (Å²) in [7, 11) is 0. The van der Waals surface area contributed by atoms with Crippen LogP contribution in [-0.2, 0) is 17.8 Å². The van der Waals surface area contributed by atoms with Crippen LogP contribution in [-0.4, -0.2) is 27.3 Å². The summed E-state index contributed by atoms with van der Waals surface area (Å²) in [6.45, 7) is 1.22. The molecule has 0 aliphatic carbocycles. The molecule has 1 amide bonds. The van der Waals surface area contributed by atoms with Crippen LogP contribution < -0.4 is 5.73 Å². The van der Waals surface area contributed by atoms with E-state index in [9.17, 15) is 9.18 Å². The van der Waals surface area contributed by atoms with E-state index in [1.807, 2.05) is 4.90 Å². The third-order valence-electron chi connectivity index (χ3n) is 3.72. The van der Waals surface area contributed by atoms with Crippen LogP contribution in [0.25, 0.3) is 0 Å². The molecule has 0 radical (unpaired) electrons. The summed E-state index contributed by atoms with van der Waals surface area (Å²) in [5, 5.41) is 0. The number of nitrogens with zero attached hydrogens (tertiary/aromatic N) is 3. The Morgan fingerprint density at radius 2 is 2.10 bits per heavy atom. The lowest BCUT2D eigenvalue weighted by molar-refractivity contribution is -0.123. The summed E-state index contributed by atoms with van der Waals surface area (Å²) in [6.07, 6.45) is 4.07. The first-order valence-electron chi connectivity index (χ1n) is 6.72. The zero-order chi connectivity index (χ0) is 14.8. The fourth-order valence-electron chi connectivity index (χ4n) is 2.69. The summed E-state index contributed by atoms with van der Waals surface area (Å²) in [4.78, 5) is 22.1. The molecule has 1 aromatic heterocycles. The molecule has 0 unspecified atom stereocenters. The van der Waals surface area contributed by atoms with E-state index in [1.54, 1.807) is 18.3 Å². The number of halogens is 1. The average Bonchev–Trinajstić information content (AvgIpc) is 2.49. The monoisotopic (exact) mass is 286 g/mol. The van der Waals surface area contributed by atoms with E-state index in [-0.39, 0.29) is 5.82 Å². The van der Waals surface area contributed by atoms with Crippen LogP contribution in [0.15, 0.2) is 36.8 Å². The van der Waals surface area contributed by atoms with E-state index in [0.29, 0.717) is 18.7 Å². The highest BCUT2D eigenvalue weighted by molar-refractivity contribution is 5.81. The Balaban J connectivity index is 1.89. The number of carbonyl (C=O) groups is 1. The van der Waals surface area contributed by atoms with Crippen molar-refractivity contribution in [3.05, 3.63) is 59.4 Å². The SMILES string of the molecule is NC(=O)[C@H](c1ccc(F)cc1)N1CCc2cncnc2C1. The second-order valence-corrected chi connectivity index (χ2v) is 5.07. The second-order valence-electron chi connectivity index (χ2n) is 5.07. The number of fused-ring (bicyclic) bond motifs is 1. The van der Waals surface area contributed by atoms with Crippen molar-refractivity contribution in [3.63, 3.8) is 0 Å². The molecule has 21 heavy (non-hydrogen) atoms. The van der Waals surface area contributed by atoms with Gasteiger partial charge in [-0.05, 0) is 29.7 Å². The van der Waals surface area contributed by atoms with Gasteiger partial charge in [0.05, 0.1) is 5.69 Å². The van der Waals surface area contributed by atoms with E-state index in [4.69, 9.17) is 5.73 Å². The molecule has 3 rings (SSSR count). The Morgan fingerprint density at radius 3 is 2.81 bits per heavy atom. The summed E-state index contributed by atoms with van der Waals surface area (Å²) in [5.74, 6) is -0.780. The number of hydrogen-bond donors (Lipinski definition) is 1. The van der Waals surface area contributed by atoms with Gasteiger partial charge in [-0.15, -0.1) is 0 Å². The van der Waals surface area contributed by atoms with Crippen molar-refractivity contribution in [1.82, 2.24) is 14.9 Å². The van der Waals surface area contributed by atoms with E-state index in [2.05, 4.69) is 9.97 Å². The van der Waals surface area contributed by atoms with E-state index in [1.165, 1.54) is 18.5 Å². The number of aromatic nitrogens is 2. The molecule has 1 aliphatic rings. The van der Waals surface area contributed by atoms with Gasteiger partial charge in [0.2, 0.25) is 5.91 Å². The molecule has 6 heteroatoms. The molecule has 0 saturated carbocycles. The first kappa shape index (κ1) is 13.6. The predicted molar refractivity (Wildman–Crippen MR) is 74.5 cm³/mol. The summed E-state index contributed by atoms with van der Waals surface area (Å²) in [5.41, 5.74) is 8.25. The number of benzene rings is 1. The largest absolute Gasteiger partial charge is 0.368 e. The summed E-state index contributed by atoms with van der Waals surface area (Å²) >= 11 is 0. The van der Waals surface area contributed by atoms with Crippen molar-refractivity contribution in [2.24, 2.45) is 5.73 Å². The van der Waals surface area contributed by atoms with Crippen LogP contribution in [0.3, 0.4) is 0 Å². The molecule has 2 N–H and O–H groups in total. The molecule has 0 fully saturated rings. The molecule has 2 aromatic rings. The smallest absolute Gasteiger partial charge is 0.239 e. The van der Waals surface area contributed by atoms with Crippen molar-refractivity contribution in [3.8, 4) is 0 Å². The molecule has 1 atom stereocenters. The van der Waals surface area contributed by atoms with Gasteiger partial charge in [0.25, 0.3) is 0 Å². The molecule has 1 aliphatic heterocycles. The third-order valence-corrected chi connectivity index (χ3v) is 3.72. The van der Waals surface area contributed by atoms with Gasteiger partial charge in [0.15, 0.2) is 0 Å². The first-order valence-corrected chi connectivity index (χ1v) is 6.72. The molecule has 0 bridgehead atoms. The number of rotatable bonds is 3. The topological polar surface area (TPSA) is 72.1 Å². The minimum Gasteiger partial charge on any atom is -0.368 e. The molecular formula is C15H15FN4O. The summed E-state index contributed by atoms with van der Waals surface area (Å²) < 4.78 is 13.0. The van der Waals surface area contributed by atoms with Gasteiger partial charge in [-0.1, -0.05) is 12.1 Å². The van der Waals surface area contributed by atoms with Crippen LogP contribution in [0, 0.1) is 5.82 Å². The lowest BCUT2D eigenvalue weighted by Crippen LogP contribution is -2.41. The average molecular weight is 286 g/mol. The Kier molecular flexibility index (Phi) is 3.62. The van der Waals surface area contributed by atoms with E-state index >= 15 is 0 Å². The maximum atomic E-state index is 13.0. The molecule has 108 valence electrons. The standard InChI is InChI=1S/C15H15FN4O/c16-12-3-1-10(2-4-12)14(15(17)21)20-6-5-11-7-18-9-19-13(11)8-20/h1-4,7,9,14H,5-6,8H2,(H2,17,21)/t14-/m0/s1. The second kappa shape index (κ2) is 5.57. The zero-order valence-corrected chi connectivity index (χ0v) is 11.4. The first-order chi connectivity index (χ1) is 10.1. The number of nitrogens with two attached hydrogens (primary N) is 1. The van der Waals surface area contributed by atoms with Crippen molar-refractivity contribution < 1.29 is 9.18 Å². The Morgan fingerprint density at radius 1 is 1.33 bits per heavy atom. The number of carbonyl (C=O) groups excluding carboxylic acids is 1. The van der Waals surface area contributed by atoms with Gasteiger partial charge in [-0.2, -0.15) is 0 Å². The van der Waals surface area contributed by atoms with Crippen LogP contribution in [0.1, 0.15) is 22.9 Å². The van der Waals surface area contributed by atoms with Gasteiger partial charge in [0.1, 0.15) is 18.2 Å². The van der Waals surface area contributed by atoms with Gasteiger partial charge in [-0.25, -0.2) is 14.4 Å². The number of hydrogen-bond acceptors (Lipinski definition) is 4. The Hall–Kier alpha value is -2.34. The minimum atomic E-state index is -0.575. The van der Waals surface area contributed by atoms with Crippen molar-refractivity contribution >= 4 is 5.91 Å². The van der Waals surface area contributed by atoms with Crippen LogP contribution in [0.2, 0.25) is 0 Å². The molecule has 2 heterocycles. The van der Waals surface area contributed by atoms with Crippen molar-refractivity contribution in [2.45, 2.75) is 19.0 Å². The van der Waals surface area contributed by atoms with Crippen LogP contribution in [0.4, 0.5) is 4.39 Å². The molecule has 5 nitrogen and oxygen atoms in total. The van der Waals surface area contributed by atoms with E-state index < -0.39 is 11.9 Å². The van der Waals surface area contributed by atoms with Gasteiger partial charge in [0, 0.05) is 19.3 Å². The fraction of sp³-hybridized carbons (Fsp3) is 0.267. The Bertz CT molecular complexity index is 659. The lowest BCUT2D eigenvalue weighted by atomic mass is 10.00. The van der Waals surface area contributed by atoms with Gasteiger partial charge in [-0.3, -0.25) is 9.69 Å². The predicted octanol–water partition coefficient (Wildman–Crippen LogP) is 1.20. The highest BCUT2D eigenvalue weighted by Crippen LogP contribution is 2.26. The highest BCUT2D eigenvalue weighted by atomic mass is 19.1. The molecule has 0 saturated heterocycles. The maximum absolute atomic E-state index is 13.0. The van der Waals surface area contributed by atoms with Crippen molar-refractivity contribution in [2.75, 3.05) is 6.54 Å². The van der Waals surface area contributed by atoms with Gasteiger partial charge < -0.3 is 5.73 Å². The third kappa shape index (κ3) is 2.75. The molecule has 0 spiro atoms. The lowest BCUT2D eigenvalue weighted by Gasteiger charge is -2.33. The van der Waals surface area contributed by atoms with Crippen molar-refractivity contribution in [1.29, 1.82) is 0 Å². The van der Waals surface area contributed by atoms with Crippen LogP contribution in [0.5, 0.6) is 0 Å². The van der Waals surface area contributed by atoms with Gasteiger partial charge >= 0.3 is 0 Å².